The van der Waals surface area contributed by atoms with Gasteiger partial charge in [0.15, 0.2) is 0 Å². The largest absolute Gasteiger partial charge is 0.478 e. The van der Waals surface area contributed by atoms with Gasteiger partial charge >= 0.3 is 12.1 Å². The van der Waals surface area contributed by atoms with Gasteiger partial charge in [0, 0.05) is 6.54 Å². The monoisotopic (exact) mass is 300 g/mol. The summed E-state index contributed by atoms with van der Waals surface area (Å²) in [6, 6.07) is 4.16. The average Bonchev–Trinajstić information content (AvgIpc) is 2.77. The molecule has 2 aromatic rings. The van der Waals surface area contributed by atoms with Gasteiger partial charge in [0.2, 0.25) is 5.82 Å². The number of aromatic nitrogens is 2. The lowest BCUT2D eigenvalue weighted by atomic mass is 10.2. The summed E-state index contributed by atoms with van der Waals surface area (Å²) in [6.45, 7) is 2.13. The number of carboxylic acids is 1. The number of aromatic carboxylic acids is 1. The van der Waals surface area contributed by atoms with Crippen molar-refractivity contribution in [1.82, 2.24) is 9.55 Å². The lowest BCUT2D eigenvalue weighted by Crippen LogP contribution is -2.15. The zero-order chi connectivity index (χ0) is 15.6. The number of aryl methyl sites for hydroxylation is 1. The highest BCUT2D eigenvalue weighted by Gasteiger charge is 2.38. The zero-order valence-corrected chi connectivity index (χ0v) is 11.4. The number of nitrogens with zero attached hydrogens (tertiary/aromatic N) is 2. The van der Waals surface area contributed by atoms with Crippen molar-refractivity contribution in [1.29, 1.82) is 0 Å². The molecule has 0 radical (unpaired) electrons. The van der Waals surface area contributed by atoms with Gasteiger partial charge in [-0.1, -0.05) is 25.8 Å². The van der Waals surface area contributed by atoms with Crippen molar-refractivity contribution >= 4 is 17.0 Å². The minimum atomic E-state index is -4.61. The standard InChI is InChI=1S/C14H15F3N2O2/c1-2-3-4-8-19-10-7-5-6-9(12(20)21)11(10)18-13(19)14(15,16)17/h5-7H,2-4,8H2,1H3,(H,20,21). The number of unbranched alkanes of at least 4 members (excludes halogenated alkanes) is 2. The minimum Gasteiger partial charge on any atom is -0.478 e. The van der Waals surface area contributed by atoms with Crippen molar-refractivity contribution in [3.63, 3.8) is 0 Å². The van der Waals surface area contributed by atoms with E-state index in [0.717, 1.165) is 17.4 Å². The van der Waals surface area contributed by atoms with Crippen LogP contribution in [0.4, 0.5) is 13.2 Å². The number of hydrogen-bond donors (Lipinski definition) is 1. The van der Waals surface area contributed by atoms with Crippen molar-refractivity contribution in [2.45, 2.75) is 38.9 Å². The van der Waals surface area contributed by atoms with Crippen LogP contribution in [0.2, 0.25) is 0 Å². The quantitative estimate of drug-likeness (QED) is 0.851. The first-order valence-electron chi connectivity index (χ1n) is 6.66. The van der Waals surface area contributed by atoms with E-state index in [2.05, 4.69) is 4.98 Å². The molecule has 0 spiro atoms. The van der Waals surface area contributed by atoms with Crippen molar-refractivity contribution in [2.24, 2.45) is 0 Å². The molecule has 0 saturated heterocycles. The van der Waals surface area contributed by atoms with E-state index in [9.17, 15) is 18.0 Å². The van der Waals surface area contributed by atoms with Crippen LogP contribution in [0, 0.1) is 0 Å². The summed E-state index contributed by atoms with van der Waals surface area (Å²) in [5.74, 6) is -2.32. The maximum Gasteiger partial charge on any atom is 0.449 e. The summed E-state index contributed by atoms with van der Waals surface area (Å²) in [4.78, 5) is 14.7. The Kier molecular flexibility index (Phi) is 4.20. The second-order valence-electron chi connectivity index (χ2n) is 4.77. The van der Waals surface area contributed by atoms with Gasteiger partial charge in [-0.2, -0.15) is 13.2 Å². The fourth-order valence-electron chi connectivity index (χ4n) is 2.28. The molecular weight excluding hydrogens is 285 g/mol. The third-order valence-electron chi connectivity index (χ3n) is 3.25. The highest BCUT2D eigenvalue weighted by Crippen LogP contribution is 2.32. The molecule has 0 aliphatic heterocycles. The van der Waals surface area contributed by atoms with Gasteiger partial charge in [0.25, 0.3) is 0 Å². The molecule has 1 N–H and O–H groups in total. The van der Waals surface area contributed by atoms with Crippen molar-refractivity contribution < 1.29 is 23.1 Å². The second kappa shape index (κ2) is 5.75. The van der Waals surface area contributed by atoms with Crippen LogP contribution in [-0.4, -0.2) is 20.6 Å². The number of imidazole rings is 1. The first-order valence-corrected chi connectivity index (χ1v) is 6.66. The number of carbonyl (C=O) groups is 1. The Hall–Kier alpha value is -2.05. The molecule has 2 rings (SSSR count). The Labute approximate surface area is 119 Å². The summed E-state index contributed by atoms with van der Waals surface area (Å²) < 4.78 is 40.4. The van der Waals surface area contributed by atoms with Crippen LogP contribution in [-0.2, 0) is 12.7 Å². The maximum atomic E-state index is 13.1. The summed E-state index contributed by atoms with van der Waals surface area (Å²) in [5.41, 5.74) is -0.126. The molecule has 114 valence electrons. The predicted octanol–water partition coefficient (Wildman–Crippen LogP) is 3.94. The smallest absolute Gasteiger partial charge is 0.449 e. The number of carboxylic acid groups (broad SMARTS) is 1. The summed E-state index contributed by atoms with van der Waals surface area (Å²) >= 11 is 0. The normalized spacial score (nSPS) is 12.0. The molecule has 0 aliphatic carbocycles. The minimum absolute atomic E-state index is 0.117. The van der Waals surface area contributed by atoms with Crippen LogP contribution in [0.5, 0.6) is 0 Å². The number of alkyl halides is 3. The van der Waals surface area contributed by atoms with E-state index in [1.165, 1.54) is 18.2 Å². The van der Waals surface area contributed by atoms with Gasteiger partial charge in [-0.3, -0.25) is 0 Å². The van der Waals surface area contributed by atoms with Crippen molar-refractivity contribution in [3.8, 4) is 0 Å². The van der Waals surface area contributed by atoms with Crippen LogP contribution in [0.25, 0.3) is 11.0 Å². The Morgan fingerprint density at radius 2 is 2.05 bits per heavy atom. The first-order chi connectivity index (χ1) is 9.86. The molecule has 0 saturated carbocycles. The zero-order valence-electron chi connectivity index (χ0n) is 11.4. The summed E-state index contributed by atoms with van der Waals surface area (Å²) in [5, 5.41) is 9.07. The lowest BCUT2D eigenvalue weighted by molar-refractivity contribution is -0.147. The highest BCUT2D eigenvalue weighted by atomic mass is 19.4. The average molecular weight is 300 g/mol. The fourth-order valence-corrected chi connectivity index (χ4v) is 2.28. The van der Waals surface area contributed by atoms with Gasteiger partial charge in [-0.25, -0.2) is 9.78 Å². The SMILES string of the molecule is CCCCCn1c(C(F)(F)F)nc2c(C(=O)O)cccc21. The molecule has 1 aromatic carbocycles. The van der Waals surface area contributed by atoms with E-state index in [4.69, 9.17) is 5.11 Å². The van der Waals surface area contributed by atoms with Crippen LogP contribution in [0.15, 0.2) is 18.2 Å². The second-order valence-corrected chi connectivity index (χ2v) is 4.77. The molecule has 4 nitrogen and oxygen atoms in total. The number of halogens is 3. The first kappa shape index (κ1) is 15.3. The molecule has 1 aromatic heterocycles. The number of para-hydroxylation sites is 1. The summed E-state index contributed by atoms with van der Waals surface area (Å²) in [7, 11) is 0. The van der Waals surface area contributed by atoms with Gasteiger partial charge in [-0.05, 0) is 18.6 Å². The van der Waals surface area contributed by atoms with E-state index in [1.54, 1.807) is 0 Å². The van der Waals surface area contributed by atoms with E-state index in [1.807, 2.05) is 6.92 Å². The highest BCUT2D eigenvalue weighted by molar-refractivity contribution is 6.01. The number of hydrogen-bond acceptors (Lipinski definition) is 2. The van der Waals surface area contributed by atoms with E-state index in [-0.39, 0.29) is 23.1 Å². The fraction of sp³-hybridized carbons (Fsp3) is 0.429. The molecule has 0 atom stereocenters. The van der Waals surface area contributed by atoms with Crippen molar-refractivity contribution in [3.05, 3.63) is 29.6 Å². The van der Waals surface area contributed by atoms with E-state index < -0.39 is 18.0 Å². The van der Waals surface area contributed by atoms with Crippen LogP contribution in [0.1, 0.15) is 42.4 Å². The third kappa shape index (κ3) is 3.01. The van der Waals surface area contributed by atoms with Crippen LogP contribution >= 0.6 is 0 Å². The molecule has 7 heteroatoms. The van der Waals surface area contributed by atoms with Gasteiger partial charge < -0.3 is 9.67 Å². The predicted molar refractivity (Wildman–Crippen MR) is 71.2 cm³/mol. The lowest BCUT2D eigenvalue weighted by Gasteiger charge is -2.11. The Morgan fingerprint density at radius 1 is 1.33 bits per heavy atom. The number of benzene rings is 1. The number of rotatable bonds is 5. The third-order valence-corrected chi connectivity index (χ3v) is 3.25. The topological polar surface area (TPSA) is 55.1 Å². The molecular formula is C14H15F3N2O2. The Bertz CT molecular complexity index is 662. The van der Waals surface area contributed by atoms with Gasteiger partial charge in [0.1, 0.15) is 5.52 Å². The van der Waals surface area contributed by atoms with Crippen LogP contribution in [0.3, 0.4) is 0 Å². The Morgan fingerprint density at radius 3 is 2.62 bits per heavy atom. The molecule has 0 amide bonds. The van der Waals surface area contributed by atoms with Gasteiger partial charge in [-0.15, -0.1) is 0 Å². The van der Waals surface area contributed by atoms with Crippen molar-refractivity contribution in [2.75, 3.05) is 0 Å². The molecule has 0 fully saturated rings. The molecule has 21 heavy (non-hydrogen) atoms. The molecule has 0 bridgehead atoms. The molecule has 1 heterocycles. The molecule has 0 aliphatic rings. The molecule has 0 unspecified atom stereocenters. The summed E-state index contributed by atoms with van der Waals surface area (Å²) in [6.07, 6.45) is -2.34. The van der Waals surface area contributed by atoms with Crippen LogP contribution < -0.4 is 0 Å². The Balaban J connectivity index is 2.61. The number of fused-ring (bicyclic) bond motifs is 1. The van der Waals surface area contributed by atoms with Gasteiger partial charge in [0.05, 0.1) is 11.1 Å². The maximum absolute atomic E-state index is 13.1. The van der Waals surface area contributed by atoms with E-state index >= 15 is 0 Å². The van der Waals surface area contributed by atoms with E-state index in [0.29, 0.717) is 6.42 Å².